The van der Waals surface area contributed by atoms with Gasteiger partial charge in [-0.25, -0.2) is 9.97 Å². The van der Waals surface area contributed by atoms with Crippen molar-refractivity contribution in [1.82, 2.24) is 19.7 Å². The van der Waals surface area contributed by atoms with E-state index in [0.29, 0.717) is 40.0 Å². The second kappa shape index (κ2) is 7.86. The van der Waals surface area contributed by atoms with Gasteiger partial charge in [-0.1, -0.05) is 12.1 Å². The van der Waals surface area contributed by atoms with Crippen molar-refractivity contribution in [1.29, 1.82) is 0 Å². The molecule has 0 atom stereocenters. The number of rotatable bonds is 5. The molecule has 6 rings (SSSR count). The molecule has 0 amide bonds. The Morgan fingerprint density at radius 1 is 0.765 bits per heavy atom. The first-order valence-electron chi connectivity index (χ1n) is 10.7. The Balaban J connectivity index is 1.49. The third-order valence-electron chi connectivity index (χ3n) is 5.47. The fourth-order valence-corrected chi connectivity index (χ4v) is 3.81. The smallest absolute Gasteiger partial charge is 0.156 e. The number of aromatic amines is 1. The Morgan fingerprint density at radius 2 is 1.47 bits per heavy atom. The fraction of sp³-hybridized carbons (Fsp3) is 0. The van der Waals surface area contributed by atoms with Gasteiger partial charge >= 0.3 is 0 Å². The number of ether oxygens (including phenoxy) is 1. The van der Waals surface area contributed by atoms with Crippen molar-refractivity contribution in [2.75, 3.05) is 11.5 Å². The van der Waals surface area contributed by atoms with Crippen molar-refractivity contribution < 1.29 is 9.57 Å². The molecule has 0 fully saturated rings. The van der Waals surface area contributed by atoms with E-state index in [2.05, 4.69) is 9.97 Å². The standard InChI is InChI=1S/C26H20N6O2/c27-16-5-9-18(10-6-16)33-23-14-13-22-25(24(23)26-30-20-3-1-2-4-21(20)31-26)29-15-32(22)34-19-11-7-17(28)8-12-19/h1-15H,27-28H2,(H,30,31). The van der Waals surface area contributed by atoms with Crippen LogP contribution in [-0.2, 0) is 0 Å². The minimum Gasteiger partial charge on any atom is -0.457 e. The maximum Gasteiger partial charge on any atom is 0.156 e. The number of nitrogens with zero attached hydrogens (tertiary/aromatic N) is 3. The Morgan fingerprint density at radius 3 is 2.21 bits per heavy atom. The molecular weight excluding hydrogens is 428 g/mol. The van der Waals surface area contributed by atoms with Gasteiger partial charge in [0.1, 0.15) is 34.7 Å². The van der Waals surface area contributed by atoms with E-state index in [9.17, 15) is 0 Å². The second-order valence-corrected chi connectivity index (χ2v) is 7.81. The van der Waals surface area contributed by atoms with Crippen molar-refractivity contribution in [3.8, 4) is 28.6 Å². The van der Waals surface area contributed by atoms with Crippen LogP contribution < -0.4 is 21.0 Å². The van der Waals surface area contributed by atoms with Crippen LogP contribution in [0.4, 0.5) is 11.4 Å². The average Bonchev–Trinajstić information content (AvgIpc) is 3.46. The molecule has 34 heavy (non-hydrogen) atoms. The lowest BCUT2D eigenvalue weighted by Crippen LogP contribution is -2.03. The largest absolute Gasteiger partial charge is 0.457 e. The van der Waals surface area contributed by atoms with Gasteiger partial charge in [-0.2, -0.15) is 4.73 Å². The van der Waals surface area contributed by atoms with Crippen molar-refractivity contribution in [2.45, 2.75) is 0 Å². The van der Waals surface area contributed by atoms with Crippen molar-refractivity contribution in [2.24, 2.45) is 0 Å². The van der Waals surface area contributed by atoms with Gasteiger partial charge in [-0.15, -0.1) is 0 Å². The molecule has 0 radical (unpaired) electrons. The SMILES string of the molecule is Nc1ccc(Oc2ccc3c(ncn3Oc3ccc(N)cc3)c2-c2nc3ccccc3[nH]2)cc1. The number of benzene rings is 4. The molecule has 0 unspecified atom stereocenters. The van der Waals surface area contributed by atoms with E-state index in [1.54, 1.807) is 47.5 Å². The van der Waals surface area contributed by atoms with Crippen LogP contribution in [-0.4, -0.2) is 19.7 Å². The van der Waals surface area contributed by atoms with Crippen LogP contribution in [0.3, 0.4) is 0 Å². The van der Waals surface area contributed by atoms with Crippen molar-refractivity contribution in [3.63, 3.8) is 0 Å². The summed E-state index contributed by atoms with van der Waals surface area (Å²) in [6.07, 6.45) is 1.63. The first-order valence-corrected chi connectivity index (χ1v) is 10.7. The lowest BCUT2D eigenvalue weighted by molar-refractivity contribution is 0.227. The minimum atomic E-state index is 0.606. The lowest BCUT2D eigenvalue weighted by atomic mass is 10.1. The highest BCUT2D eigenvalue weighted by atomic mass is 16.7. The maximum absolute atomic E-state index is 6.24. The number of hydrogen-bond acceptors (Lipinski definition) is 6. The summed E-state index contributed by atoms with van der Waals surface area (Å²) in [5.41, 5.74) is 16.9. The molecule has 166 valence electrons. The summed E-state index contributed by atoms with van der Waals surface area (Å²) in [5, 5.41) is 0. The van der Waals surface area contributed by atoms with E-state index in [1.165, 1.54) is 0 Å². The number of hydrogen-bond donors (Lipinski definition) is 3. The third-order valence-corrected chi connectivity index (χ3v) is 5.47. The zero-order chi connectivity index (χ0) is 23.1. The first-order chi connectivity index (χ1) is 16.6. The molecule has 0 aliphatic rings. The van der Waals surface area contributed by atoms with Crippen LogP contribution in [0.1, 0.15) is 0 Å². The van der Waals surface area contributed by atoms with Crippen LogP contribution in [0.15, 0.2) is 91.3 Å². The Bertz CT molecular complexity index is 1580. The summed E-state index contributed by atoms with van der Waals surface area (Å²) < 4.78 is 7.86. The van der Waals surface area contributed by atoms with Gasteiger partial charge in [0.15, 0.2) is 5.75 Å². The topological polar surface area (TPSA) is 117 Å². The molecule has 2 aromatic heterocycles. The number of nitrogen functional groups attached to an aromatic ring is 2. The average molecular weight is 448 g/mol. The van der Waals surface area contributed by atoms with Crippen LogP contribution in [0.25, 0.3) is 33.5 Å². The molecule has 8 heteroatoms. The highest BCUT2D eigenvalue weighted by Gasteiger charge is 2.20. The number of fused-ring (bicyclic) bond motifs is 2. The molecule has 0 saturated heterocycles. The van der Waals surface area contributed by atoms with E-state index in [0.717, 1.165) is 22.1 Å². The van der Waals surface area contributed by atoms with Crippen molar-refractivity contribution in [3.05, 3.63) is 91.3 Å². The summed E-state index contributed by atoms with van der Waals surface area (Å²) in [6.45, 7) is 0. The molecule has 0 aliphatic carbocycles. The number of nitrogens with two attached hydrogens (primary N) is 2. The Kier molecular flexibility index (Phi) is 4.55. The van der Waals surface area contributed by atoms with Gasteiger partial charge in [-0.05, 0) is 72.8 Å². The fourth-order valence-electron chi connectivity index (χ4n) is 3.81. The van der Waals surface area contributed by atoms with Gasteiger partial charge in [0.05, 0.1) is 16.6 Å². The van der Waals surface area contributed by atoms with E-state index in [4.69, 9.17) is 26.0 Å². The molecule has 2 heterocycles. The summed E-state index contributed by atoms with van der Waals surface area (Å²) in [7, 11) is 0. The summed E-state index contributed by atoms with van der Waals surface area (Å²) >= 11 is 0. The highest BCUT2D eigenvalue weighted by molar-refractivity contribution is 5.95. The molecule has 0 bridgehead atoms. The van der Waals surface area contributed by atoms with E-state index in [-0.39, 0.29) is 0 Å². The van der Waals surface area contributed by atoms with Gasteiger partial charge in [0, 0.05) is 11.4 Å². The van der Waals surface area contributed by atoms with Gasteiger partial charge in [0.25, 0.3) is 0 Å². The summed E-state index contributed by atoms with van der Waals surface area (Å²) in [5.74, 6) is 2.55. The number of anilines is 2. The molecule has 4 aromatic carbocycles. The molecule has 0 saturated carbocycles. The van der Waals surface area contributed by atoms with Gasteiger partial charge in [-0.3, -0.25) is 0 Å². The molecular formula is C26H20N6O2. The van der Waals surface area contributed by atoms with Crippen molar-refractivity contribution >= 4 is 33.4 Å². The normalized spacial score (nSPS) is 11.2. The number of H-pyrrole nitrogens is 1. The molecule has 0 aliphatic heterocycles. The minimum absolute atomic E-state index is 0.606. The zero-order valence-corrected chi connectivity index (χ0v) is 18.0. The van der Waals surface area contributed by atoms with Crippen LogP contribution in [0, 0.1) is 0 Å². The second-order valence-electron chi connectivity index (χ2n) is 7.81. The van der Waals surface area contributed by atoms with Crippen LogP contribution in [0.2, 0.25) is 0 Å². The molecule has 0 spiro atoms. The monoisotopic (exact) mass is 448 g/mol. The van der Waals surface area contributed by atoms with E-state index >= 15 is 0 Å². The Hall–Kier alpha value is -4.98. The third kappa shape index (κ3) is 3.53. The van der Waals surface area contributed by atoms with Crippen LogP contribution in [0.5, 0.6) is 17.2 Å². The predicted octanol–water partition coefficient (Wildman–Crippen LogP) is 5.38. The number of para-hydroxylation sites is 2. The molecule has 6 aromatic rings. The predicted molar refractivity (Wildman–Crippen MR) is 133 cm³/mol. The van der Waals surface area contributed by atoms with Gasteiger partial charge in [0.2, 0.25) is 0 Å². The summed E-state index contributed by atoms with van der Waals surface area (Å²) in [6, 6.07) is 26.1. The maximum atomic E-state index is 6.24. The Labute approximate surface area is 194 Å². The van der Waals surface area contributed by atoms with Gasteiger partial charge < -0.3 is 26.0 Å². The number of aromatic nitrogens is 4. The zero-order valence-electron chi connectivity index (χ0n) is 18.0. The number of nitrogens with one attached hydrogen (secondary N) is 1. The molecule has 5 N–H and O–H groups in total. The summed E-state index contributed by atoms with van der Waals surface area (Å²) in [4.78, 5) is 18.9. The van der Waals surface area contributed by atoms with E-state index < -0.39 is 0 Å². The lowest BCUT2D eigenvalue weighted by Gasteiger charge is -2.12. The van der Waals surface area contributed by atoms with E-state index in [1.807, 2.05) is 48.5 Å². The number of imidazole rings is 2. The molecule has 8 nitrogen and oxygen atoms in total. The highest BCUT2D eigenvalue weighted by Crippen LogP contribution is 2.38. The van der Waals surface area contributed by atoms with Crippen LogP contribution >= 0.6 is 0 Å². The first kappa shape index (κ1) is 19.7. The quantitative estimate of drug-likeness (QED) is 0.305.